The normalized spacial score (nSPS) is 11.8. The summed E-state index contributed by atoms with van der Waals surface area (Å²) in [7, 11) is 0. The van der Waals surface area contributed by atoms with Crippen LogP contribution in [0, 0.1) is 20.8 Å². The van der Waals surface area contributed by atoms with Gasteiger partial charge in [0.2, 0.25) is 0 Å². The van der Waals surface area contributed by atoms with Crippen LogP contribution in [0.25, 0.3) is 63.8 Å². The van der Waals surface area contributed by atoms with Crippen molar-refractivity contribution < 1.29 is 0 Å². The van der Waals surface area contributed by atoms with Gasteiger partial charge < -0.3 is 0 Å². The molecular weight excluding hydrogens is 613 g/mol. The minimum atomic E-state index is 0.976. The Morgan fingerprint density at radius 3 is 1.52 bits per heavy atom. The summed E-state index contributed by atoms with van der Waals surface area (Å²) in [5.74, 6) is 0. The molecule has 0 fully saturated rings. The zero-order valence-corrected chi connectivity index (χ0v) is 28.1. The Morgan fingerprint density at radius 2 is 1.02 bits per heavy atom. The molecule has 0 bridgehead atoms. The number of hydrogen-bond acceptors (Lipinski definition) is 9. The topological polar surface area (TPSA) is 51.6 Å². The minimum absolute atomic E-state index is 0.976. The first-order valence-corrected chi connectivity index (χ1v) is 18.2. The molecule has 9 heteroatoms. The summed E-state index contributed by atoms with van der Waals surface area (Å²) >= 11 is 8.09. The van der Waals surface area contributed by atoms with E-state index in [9.17, 15) is 0 Å². The zero-order valence-electron chi connectivity index (χ0n) is 24.0. The maximum atomic E-state index is 4.78. The van der Waals surface area contributed by atoms with Crippen LogP contribution in [0.15, 0.2) is 48.5 Å². The molecule has 0 saturated heterocycles. The Balaban J connectivity index is 1.22. The molecule has 0 spiro atoms. The summed E-state index contributed by atoms with van der Waals surface area (Å²) in [6, 6.07) is 18.0. The van der Waals surface area contributed by atoms with E-state index < -0.39 is 0 Å². The monoisotopic (exact) mass is 642 g/mol. The lowest BCUT2D eigenvalue weighted by Gasteiger charge is -2.05. The number of aromatic nitrogens is 4. The van der Waals surface area contributed by atoms with Gasteiger partial charge in [-0.05, 0) is 69.0 Å². The number of aryl methyl sites for hydroxylation is 4. The number of thiophene rings is 3. The van der Waals surface area contributed by atoms with Gasteiger partial charge in [-0.3, -0.25) is 0 Å². The SMILES string of the molecule is CCCCCCc1cc(-c2ccc(-c3ccc(-c4ccc(-c5cc(C)c(C)s5)c5nsnc45)s3)c3nsnc23)sc1C. The van der Waals surface area contributed by atoms with Gasteiger partial charge in [0.15, 0.2) is 0 Å². The fourth-order valence-electron chi connectivity index (χ4n) is 5.50. The van der Waals surface area contributed by atoms with Gasteiger partial charge in [0.05, 0.1) is 23.5 Å². The van der Waals surface area contributed by atoms with E-state index in [1.54, 1.807) is 11.3 Å². The maximum absolute atomic E-state index is 4.78. The molecule has 5 aromatic heterocycles. The number of hydrogen-bond donors (Lipinski definition) is 0. The van der Waals surface area contributed by atoms with Gasteiger partial charge >= 0.3 is 0 Å². The Kier molecular flexibility index (Phi) is 7.79. The van der Waals surface area contributed by atoms with Gasteiger partial charge in [0.1, 0.15) is 22.1 Å². The largest absolute Gasteiger partial charge is 0.172 e. The van der Waals surface area contributed by atoms with E-state index in [4.69, 9.17) is 17.5 Å². The summed E-state index contributed by atoms with van der Waals surface area (Å²) in [6.07, 6.45) is 6.32. The molecule has 212 valence electrons. The van der Waals surface area contributed by atoms with Crippen LogP contribution in [0.3, 0.4) is 0 Å². The third-order valence-electron chi connectivity index (χ3n) is 7.98. The van der Waals surface area contributed by atoms with Crippen LogP contribution in [-0.4, -0.2) is 17.5 Å². The van der Waals surface area contributed by atoms with Gasteiger partial charge in [0.25, 0.3) is 0 Å². The highest BCUT2D eigenvalue weighted by Crippen LogP contribution is 2.44. The standard InChI is InChI=1S/C33H30N4S5/c1-5-6-7-8-9-21-17-29(39-20(21)4)25-13-11-23(31-33(25)37-42-35-31)27-15-14-26(40-27)22-10-12-24(32-30(22)34-41-36-32)28-16-18(2)19(3)38-28/h10-17H,5-9H2,1-4H3. The molecule has 42 heavy (non-hydrogen) atoms. The second-order valence-electron chi connectivity index (χ2n) is 10.8. The molecule has 0 saturated carbocycles. The molecule has 0 amide bonds. The number of benzene rings is 2. The van der Waals surface area contributed by atoms with Crippen molar-refractivity contribution in [3.8, 4) is 41.8 Å². The average molecular weight is 643 g/mol. The molecule has 0 atom stereocenters. The average Bonchev–Trinajstić information content (AvgIpc) is 3.82. The summed E-state index contributed by atoms with van der Waals surface area (Å²) in [4.78, 5) is 7.70. The van der Waals surface area contributed by atoms with Crippen LogP contribution in [-0.2, 0) is 6.42 Å². The number of unbranched alkanes of at least 4 members (excludes halogenated alkanes) is 3. The molecule has 0 aliphatic carbocycles. The smallest absolute Gasteiger partial charge is 0.114 e. The number of nitrogens with zero attached hydrogens (tertiary/aromatic N) is 4. The van der Waals surface area contributed by atoms with E-state index in [1.165, 1.54) is 101 Å². The second-order valence-corrected chi connectivity index (χ2v) is 15.4. The summed E-state index contributed by atoms with van der Waals surface area (Å²) in [6.45, 7) is 8.87. The Hall–Kier alpha value is -2.82. The number of rotatable bonds is 9. The van der Waals surface area contributed by atoms with Crippen LogP contribution < -0.4 is 0 Å². The van der Waals surface area contributed by atoms with Gasteiger partial charge in [-0.1, -0.05) is 50.5 Å². The van der Waals surface area contributed by atoms with Crippen LogP contribution in [0.2, 0.25) is 0 Å². The lowest BCUT2D eigenvalue weighted by molar-refractivity contribution is 0.666. The first-order valence-electron chi connectivity index (χ1n) is 14.3. The quantitative estimate of drug-likeness (QED) is 0.147. The predicted octanol–water partition coefficient (Wildman–Crippen LogP) is 11.6. The van der Waals surface area contributed by atoms with Crippen LogP contribution in [0.5, 0.6) is 0 Å². The van der Waals surface area contributed by atoms with Crippen molar-refractivity contribution in [2.45, 2.75) is 59.8 Å². The maximum Gasteiger partial charge on any atom is 0.114 e. The van der Waals surface area contributed by atoms with Gasteiger partial charge in [-0.25, -0.2) is 0 Å². The molecule has 0 aliphatic heterocycles. The van der Waals surface area contributed by atoms with E-state index in [2.05, 4.69) is 76.2 Å². The fraction of sp³-hybridized carbons (Fsp3) is 0.273. The third kappa shape index (κ3) is 5.05. The Labute approximate surface area is 266 Å². The molecule has 2 aromatic carbocycles. The van der Waals surface area contributed by atoms with Crippen LogP contribution in [0.1, 0.15) is 53.5 Å². The lowest BCUT2D eigenvalue weighted by Crippen LogP contribution is -1.85. The lowest BCUT2D eigenvalue weighted by atomic mass is 10.0. The van der Waals surface area contributed by atoms with Gasteiger partial charge in [-0.15, -0.1) is 34.0 Å². The molecular formula is C33H30N4S5. The Morgan fingerprint density at radius 1 is 0.524 bits per heavy atom. The highest BCUT2D eigenvalue weighted by molar-refractivity contribution is 7.19. The predicted molar refractivity (Wildman–Crippen MR) is 186 cm³/mol. The van der Waals surface area contributed by atoms with E-state index >= 15 is 0 Å². The van der Waals surface area contributed by atoms with Crippen LogP contribution >= 0.6 is 57.5 Å². The molecule has 0 unspecified atom stereocenters. The van der Waals surface area contributed by atoms with Crippen molar-refractivity contribution >= 4 is 79.5 Å². The van der Waals surface area contributed by atoms with Crippen molar-refractivity contribution in [3.63, 3.8) is 0 Å². The first-order chi connectivity index (χ1) is 20.5. The second kappa shape index (κ2) is 11.7. The molecule has 7 rings (SSSR count). The molecule has 4 nitrogen and oxygen atoms in total. The summed E-state index contributed by atoms with van der Waals surface area (Å²) in [5, 5.41) is 0. The van der Waals surface area contributed by atoms with Gasteiger partial charge in [0, 0.05) is 51.5 Å². The minimum Gasteiger partial charge on any atom is -0.172 e. The fourth-order valence-corrected chi connectivity index (χ4v) is 9.87. The first kappa shape index (κ1) is 28.0. The third-order valence-corrected chi connectivity index (χ3v) is 12.5. The molecule has 0 aliphatic rings. The highest BCUT2D eigenvalue weighted by Gasteiger charge is 2.20. The van der Waals surface area contributed by atoms with E-state index in [-0.39, 0.29) is 0 Å². The number of fused-ring (bicyclic) bond motifs is 2. The Bertz CT molecular complexity index is 2020. The van der Waals surface area contributed by atoms with E-state index in [0.717, 1.165) is 39.6 Å². The molecule has 0 N–H and O–H groups in total. The van der Waals surface area contributed by atoms with Crippen molar-refractivity contribution in [1.29, 1.82) is 0 Å². The highest BCUT2D eigenvalue weighted by atomic mass is 32.1. The molecule has 0 radical (unpaired) electrons. The zero-order chi connectivity index (χ0) is 28.8. The molecule has 7 aromatic rings. The van der Waals surface area contributed by atoms with E-state index in [0.29, 0.717) is 0 Å². The van der Waals surface area contributed by atoms with Crippen molar-refractivity contribution in [2.75, 3.05) is 0 Å². The van der Waals surface area contributed by atoms with Crippen molar-refractivity contribution in [1.82, 2.24) is 17.5 Å². The van der Waals surface area contributed by atoms with E-state index in [1.807, 2.05) is 22.7 Å². The van der Waals surface area contributed by atoms with Crippen molar-refractivity contribution in [2.24, 2.45) is 0 Å². The van der Waals surface area contributed by atoms with Crippen LogP contribution in [0.4, 0.5) is 0 Å². The summed E-state index contributed by atoms with van der Waals surface area (Å²) in [5.41, 5.74) is 11.4. The van der Waals surface area contributed by atoms with Crippen molar-refractivity contribution in [3.05, 3.63) is 69.4 Å². The molecule has 5 heterocycles. The summed E-state index contributed by atoms with van der Waals surface area (Å²) < 4.78 is 19.0. The van der Waals surface area contributed by atoms with Gasteiger partial charge in [-0.2, -0.15) is 17.5 Å².